The van der Waals surface area contributed by atoms with Crippen LogP contribution in [0.2, 0.25) is 5.02 Å². The molecule has 0 aliphatic rings. The van der Waals surface area contributed by atoms with Gasteiger partial charge in [-0.15, -0.1) is 10.2 Å². The molecule has 2 heterocycles. The van der Waals surface area contributed by atoms with E-state index in [-0.39, 0.29) is 17.9 Å². The molecule has 2 aromatic heterocycles. The highest BCUT2D eigenvalue weighted by Crippen LogP contribution is 2.25. The van der Waals surface area contributed by atoms with E-state index in [2.05, 4.69) is 10.2 Å². The Morgan fingerprint density at radius 1 is 0.903 bits per heavy atom. The Labute approximate surface area is 186 Å². The van der Waals surface area contributed by atoms with E-state index in [4.69, 9.17) is 11.6 Å². The molecule has 0 atom stereocenters. The van der Waals surface area contributed by atoms with Crippen molar-refractivity contribution in [1.29, 1.82) is 0 Å². The van der Waals surface area contributed by atoms with Crippen LogP contribution >= 0.6 is 23.4 Å². The molecule has 5 nitrogen and oxygen atoms in total. The zero-order valence-corrected chi connectivity index (χ0v) is 17.8. The summed E-state index contributed by atoms with van der Waals surface area (Å²) in [4.78, 5) is 13.2. The normalized spacial score (nSPS) is 11.4. The lowest BCUT2D eigenvalue weighted by Gasteiger charge is -2.11. The van der Waals surface area contributed by atoms with Gasteiger partial charge >= 0.3 is 0 Å². The van der Waals surface area contributed by atoms with Crippen molar-refractivity contribution < 1.29 is 4.39 Å². The van der Waals surface area contributed by atoms with Gasteiger partial charge in [0.25, 0.3) is 5.56 Å². The van der Waals surface area contributed by atoms with Crippen molar-refractivity contribution in [2.75, 3.05) is 0 Å². The fraction of sp³-hybridized carbons (Fsp3) is 0.0870. The van der Waals surface area contributed by atoms with Crippen LogP contribution in [0.5, 0.6) is 0 Å². The molecule has 0 unspecified atom stereocenters. The fourth-order valence-electron chi connectivity index (χ4n) is 3.47. The number of halogens is 2. The van der Waals surface area contributed by atoms with Gasteiger partial charge in [-0.3, -0.25) is 13.8 Å². The van der Waals surface area contributed by atoms with E-state index in [1.165, 1.54) is 23.9 Å². The van der Waals surface area contributed by atoms with Crippen LogP contribution in [0.4, 0.5) is 4.39 Å². The number of thioether (sulfide) groups is 1. The first-order valence-corrected chi connectivity index (χ1v) is 10.9. The monoisotopic (exact) mass is 450 g/mol. The lowest BCUT2D eigenvalue weighted by atomic mass is 10.2. The maximum Gasteiger partial charge on any atom is 0.263 e. The Balaban J connectivity index is 1.61. The highest BCUT2D eigenvalue weighted by Gasteiger charge is 2.17. The topological polar surface area (TPSA) is 52.2 Å². The molecular formula is C23H16ClFN4OS. The fourth-order valence-corrected chi connectivity index (χ4v) is 4.49. The Morgan fingerprint density at radius 3 is 2.39 bits per heavy atom. The van der Waals surface area contributed by atoms with Crippen molar-refractivity contribution in [2.45, 2.75) is 17.5 Å². The number of rotatable bonds is 5. The summed E-state index contributed by atoms with van der Waals surface area (Å²) in [5.74, 6) is 0.818. The van der Waals surface area contributed by atoms with Crippen LogP contribution in [-0.2, 0) is 12.3 Å². The van der Waals surface area contributed by atoms with E-state index in [1.54, 1.807) is 22.8 Å². The maximum absolute atomic E-state index is 13.3. The van der Waals surface area contributed by atoms with Crippen molar-refractivity contribution in [2.24, 2.45) is 0 Å². The molecule has 31 heavy (non-hydrogen) atoms. The second-order valence-corrected chi connectivity index (χ2v) is 8.45. The van der Waals surface area contributed by atoms with Crippen LogP contribution in [0.15, 0.2) is 82.7 Å². The third-order valence-electron chi connectivity index (χ3n) is 5.01. The first-order valence-electron chi connectivity index (χ1n) is 9.58. The molecule has 0 saturated heterocycles. The second kappa shape index (κ2) is 8.17. The van der Waals surface area contributed by atoms with Gasteiger partial charge in [0.05, 0.1) is 17.4 Å². The number of hydrogen-bond acceptors (Lipinski definition) is 4. The first kappa shape index (κ1) is 19.8. The van der Waals surface area contributed by atoms with Gasteiger partial charge < -0.3 is 0 Å². The number of para-hydroxylation sites is 1. The lowest BCUT2D eigenvalue weighted by Crippen LogP contribution is -2.24. The van der Waals surface area contributed by atoms with E-state index in [9.17, 15) is 9.18 Å². The number of hydrogen-bond donors (Lipinski definition) is 0. The van der Waals surface area contributed by atoms with Crippen molar-refractivity contribution in [1.82, 2.24) is 19.2 Å². The Morgan fingerprint density at radius 2 is 1.61 bits per heavy atom. The van der Waals surface area contributed by atoms with Gasteiger partial charge in [0.1, 0.15) is 5.82 Å². The van der Waals surface area contributed by atoms with Gasteiger partial charge in [-0.2, -0.15) is 0 Å². The summed E-state index contributed by atoms with van der Waals surface area (Å²) in [6.45, 7) is 0.271. The van der Waals surface area contributed by atoms with Crippen molar-refractivity contribution >= 4 is 40.0 Å². The van der Waals surface area contributed by atoms with Crippen LogP contribution in [0.25, 0.3) is 16.7 Å². The molecule has 5 rings (SSSR count). The molecule has 0 fully saturated rings. The summed E-state index contributed by atoms with van der Waals surface area (Å²) in [6.07, 6.45) is 0. The van der Waals surface area contributed by atoms with Crippen LogP contribution < -0.4 is 5.56 Å². The quantitative estimate of drug-likeness (QED) is 0.346. The Hall–Kier alpha value is -3.16. The van der Waals surface area contributed by atoms with Gasteiger partial charge in [-0.1, -0.05) is 59.8 Å². The van der Waals surface area contributed by atoms with Crippen LogP contribution in [0.3, 0.4) is 0 Å². The molecule has 3 aromatic carbocycles. The molecule has 5 aromatic rings. The molecule has 0 amide bonds. The van der Waals surface area contributed by atoms with Gasteiger partial charge in [-0.25, -0.2) is 4.39 Å². The second-order valence-electron chi connectivity index (χ2n) is 7.07. The molecule has 8 heteroatoms. The van der Waals surface area contributed by atoms with Gasteiger partial charge in [0, 0.05) is 10.8 Å². The summed E-state index contributed by atoms with van der Waals surface area (Å²) < 4.78 is 16.8. The van der Waals surface area contributed by atoms with Gasteiger partial charge in [-0.05, 0) is 47.5 Å². The summed E-state index contributed by atoms with van der Waals surface area (Å²) in [5, 5.41) is 10.7. The molecule has 0 bridgehead atoms. The summed E-state index contributed by atoms with van der Waals surface area (Å²) in [6, 6.07) is 21.2. The van der Waals surface area contributed by atoms with Gasteiger partial charge in [0.2, 0.25) is 5.78 Å². The molecule has 154 valence electrons. The summed E-state index contributed by atoms with van der Waals surface area (Å²) in [7, 11) is 0. The first-order chi connectivity index (χ1) is 15.1. The molecule has 0 N–H and O–H groups in total. The number of aromatic nitrogens is 4. The number of fused-ring (bicyclic) bond motifs is 3. The summed E-state index contributed by atoms with van der Waals surface area (Å²) >= 11 is 7.51. The third kappa shape index (κ3) is 3.82. The maximum atomic E-state index is 13.3. The average Bonchev–Trinajstić information content (AvgIpc) is 3.21. The molecule has 0 aliphatic heterocycles. The molecule has 0 spiro atoms. The van der Waals surface area contributed by atoms with Crippen molar-refractivity contribution in [3.05, 3.63) is 105 Å². The highest BCUT2D eigenvalue weighted by atomic mass is 35.5. The van der Waals surface area contributed by atoms with E-state index in [0.29, 0.717) is 27.1 Å². The van der Waals surface area contributed by atoms with Gasteiger partial charge in [0.15, 0.2) is 5.16 Å². The largest absolute Gasteiger partial charge is 0.272 e. The molecular weight excluding hydrogens is 435 g/mol. The molecule has 0 radical (unpaired) electrons. The minimum atomic E-state index is -0.317. The predicted octanol–water partition coefficient (Wildman–Crippen LogP) is 5.18. The Bertz CT molecular complexity index is 1450. The SMILES string of the molecule is O=c1c2ccccc2n2c(SCc3ccc(Cl)cc3)nnc2n1Cc1ccc(F)cc1. The van der Waals surface area contributed by atoms with E-state index in [0.717, 1.165) is 16.6 Å². The smallest absolute Gasteiger partial charge is 0.263 e. The highest BCUT2D eigenvalue weighted by molar-refractivity contribution is 7.98. The Kier molecular flexibility index (Phi) is 5.21. The predicted molar refractivity (Wildman–Crippen MR) is 121 cm³/mol. The standard InChI is InChI=1S/C23H16ClFN4OS/c24-17-9-5-16(6-10-17)14-31-23-27-26-22-28(13-15-7-11-18(25)12-8-15)21(30)19-3-1-2-4-20(19)29(22)23/h1-12H,13-14H2. The van der Waals surface area contributed by atoms with E-state index < -0.39 is 0 Å². The van der Waals surface area contributed by atoms with E-state index in [1.807, 2.05) is 46.9 Å². The van der Waals surface area contributed by atoms with Crippen LogP contribution in [-0.4, -0.2) is 19.2 Å². The lowest BCUT2D eigenvalue weighted by molar-refractivity contribution is 0.626. The van der Waals surface area contributed by atoms with Crippen LogP contribution in [0.1, 0.15) is 11.1 Å². The van der Waals surface area contributed by atoms with Crippen molar-refractivity contribution in [3.63, 3.8) is 0 Å². The average molecular weight is 451 g/mol. The zero-order valence-electron chi connectivity index (χ0n) is 16.2. The zero-order chi connectivity index (χ0) is 21.4. The number of benzene rings is 3. The van der Waals surface area contributed by atoms with Crippen molar-refractivity contribution in [3.8, 4) is 0 Å². The number of nitrogens with zero attached hydrogens (tertiary/aromatic N) is 4. The van der Waals surface area contributed by atoms with Crippen LogP contribution in [0, 0.1) is 5.82 Å². The summed E-state index contributed by atoms with van der Waals surface area (Å²) in [5.41, 5.74) is 2.50. The molecule has 0 aliphatic carbocycles. The minimum absolute atomic E-state index is 0.158. The minimum Gasteiger partial charge on any atom is -0.272 e. The van der Waals surface area contributed by atoms with E-state index >= 15 is 0 Å². The molecule has 0 saturated carbocycles. The third-order valence-corrected chi connectivity index (χ3v) is 6.27.